The van der Waals surface area contributed by atoms with Gasteiger partial charge in [0.1, 0.15) is 5.75 Å². The first-order valence-corrected chi connectivity index (χ1v) is 6.38. The van der Waals surface area contributed by atoms with Gasteiger partial charge in [-0.2, -0.15) is 0 Å². The Morgan fingerprint density at radius 2 is 2.35 bits per heavy atom. The molecule has 1 atom stereocenters. The molecule has 0 radical (unpaired) electrons. The second-order valence-electron chi connectivity index (χ2n) is 4.63. The van der Waals surface area contributed by atoms with Crippen molar-refractivity contribution >= 4 is 6.08 Å². The summed E-state index contributed by atoms with van der Waals surface area (Å²) in [5, 5.41) is 3.42. The maximum atomic E-state index is 5.51. The summed E-state index contributed by atoms with van der Waals surface area (Å²) in [6.45, 7) is 8.35. The lowest BCUT2D eigenvalue weighted by Crippen LogP contribution is -2.26. The summed E-state index contributed by atoms with van der Waals surface area (Å²) in [6, 6.07) is 6.89. The predicted octanol–water partition coefficient (Wildman–Crippen LogP) is 3.02. The van der Waals surface area contributed by atoms with Crippen molar-refractivity contribution in [3.63, 3.8) is 0 Å². The SMILES string of the molecule is CCNC(C)/C(C)=C/c1ccc2c(c1)CCO2. The first-order chi connectivity index (χ1) is 8.20. The standard InChI is InChI=1S/C15H21NO/c1-4-16-12(3)11(2)9-13-5-6-15-14(10-13)7-8-17-15/h5-6,9-10,12,16H,4,7-8H2,1-3H3/b11-9+. The minimum absolute atomic E-state index is 0.435. The molecule has 1 heterocycles. The fourth-order valence-corrected chi connectivity index (χ4v) is 2.15. The number of fused-ring (bicyclic) bond motifs is 1. The van der Waals surface area contributed by atoms with Crippen molar-refractivity contribution in [1.29, 1.82) is 0 Å². The highest BCUT2D eigenvalue weighted by Crippen LogP contribution is 2.26. The molecule has 17 heavy (non-hydrogen) atoms. The highest BCUT2D eigenvalue weighted by atomic mass is 16.5. The molecule has 0 bridgehead atoms. The van der Waals surface area contributed by atoms with Crippen LogP contribution in [0.4, 0.5) is 0 Å². The zero-order valence-electron chi connectivity index (χ0n) is 10.9. The molecule has 1 aromatic carbocycles. The molecule has 0 fully saturated rings. The largest absolute Gasteiger partial charge is 0.493 e. The fraction of sp³-hybridized carbons (Fsp3) is 0.467. The molecular formula is C15H21NO. The summed E-state index contributed by atoms with van der Waals surface area (Å²) in [5.41, 5.74) is 3.98. The maximum Gasteiger partial charge on any atom is 0.122 e. The molecule has 2 nitrogen and oxygen atoms in total. The minimum Gasteiger partial charge on any atom is -0.493 e. The average molecular weight is 231 g/mol. The maximum absolute atomic E-state index is 5.51. The van der Waals surface area contributed by atoms with E-state index in [0.29, 0.717) is 6.04 Å². The Morgan fingerprint density at radius 3 is 3.12 bits per heavy atom. The van der Waals surface area contributed by atoms with E-state index in [4.69, 9.17) is 4.74 Å². The van der Waals surface area contributed by atoms with Gasteiger partial charge in [0.05, 0.1) is 6.61 Å². The van der Waals surface area contributed by atoms with Crippen LogP contribution in [0.15, 0.2) is 23.8 Å². The Hall–Kier alpha value is -1.28. The Kier molecular flexibility index (Phi) is 3.85. The van der Waals surface area contributed by atoms with Gasteiger partial charge in [-0.05, 0) is 43.7 Å². The Labute approximate surface area is 104 Å². The van der Waals surface area contributed by atoms with Gasteiger partial charge in [0.15, 0.2) is 0 Å². The molecule has 0 aromatic heterocycles. The molecule has 0 saturated heterocycles. The second-order valence-corrected chi connectivity index (χ2v) is 4.63. The third kappa shape index (κ3) is 2.89. The molecule has 1 N–H and O–H groups in total. The van der Waals surface area contributed by atoms with Crippen LogP contribution in [-0.4, -0.2) is 19.2 Å². The van der Waals surface area contributed by atoms with Gasteiger partial charge >= 0.3 is 0 Å². The predicted molar refractivity (Wildman–Crippen MR) is 72.4 cm³/mol. The van der Waals surface area contributed by atoms with Crippen molar-refractivity contribution < 1.29 is 4.74 Å². The van der Waals surface area contributed by atoms with Crippen LogP contribution < -0.4 is 10.1 Å². The van der Waals surface area contributed by atoms with Gasteiger partial charge in [-0.15, -0.1) is 0 Å². The lowest BCUT2D eigenvalue weighted by molar-refractivity contribution is 0.357. The number of hydrogen-bond donors (Lipinski definition) is 1. The van der Waals surface area contributed by atoms with Gasteiger partial charge < -0.3 is 10.1 Å². The zero-order valence-corrected chi connectivity index (χ0v) is 10.9. The van der Waals surface area contributed by atoms with Gasteiger partial charge in [-0.25, -0.2) is 0 Å². The van der Waals surface area contributed by atoms with Crippen LogP contribution in [0.1, 0.15) is 31.9 Å². The van der Waals surface area contributed by atoms with Crippen molar-refractivity contribution in [2.24, 2.45) is 0 Å². The Morgan fingerprint density at radius 1 is 1.53 bits per heavy atom. The van der Waals surface area contributed by atoms with E-state index < -0.39 is 0 Å². The van der Waals surface area contributed by atoms with E-state index in [1.807, 2.05) is 0 Å². The van der Waals surface area contributed by atoms with E-state index in [9.17, 15) is 0 Å². The fourth-order valence-electron chi connectivity index (χ4n) is 2.15. The Bertz CT molecular complexity index is 423. The van der Waals surface area contributed by atoms with E-state index in [1.54, 1.807) is 0 Å². The molecule has 0 saturated carbocycles. The molecular weight excluding hydrogens is 210 g/mol. The van der Waals surface area contributed by atoms with Crippen LogP contribution in [0.2, 0.25) is 0 Å². The monoisotopic (exact) mass is 231 g/mol. The van der Waals surface area contributed by atoms with Crippen molar-refractivity contribution in [1.82, 2.24) is 5.32 Å². The van der Waals surface area contributed by atoms with E-state index in [0.717, 1.165) is 25.3 Å². The molecule has 0 amide bonds. The number of hydrogen-bond acceptors (Lipinski definition) is 2. The second kappa shape index (κ2) is 5.37. The van der Waals surface area contributed by atoms with E-state index in [1.165, 1.54) is 16.7 Å². The minimum atomic E-state index is 0.435. The lowest BCUT2D eigenvalue weighted by atomic mass is 10.0. The number of nitrogens with one attached hydrogen (secondary N) is 1. The normalized spacial score (nSPS) is 16.5. The summed E-state index contributed by atoms with van der Waals surface area (Å²) in [6.07, 6.45) is 3.30. The summed E-state index contributed by atoms with van der Waals surface area (Å²) < 4.78 is 5.51. The van der Waals surface area contributed by atoms with Crippen molar-refractivity contribution in [3.05, 3.63) is 34.9 Å². The van der Waals surface area contributed by atoms with Gasteiger partial charge in [-0.1, -0.05) is 24.6 Å². The average Bonchev–Trinajstić information content (AvgIpc) is 2.76. The van der Waals surface area contributed by atoms with Gasteiger partial charge in [-0.3, -0.25) is 0 Å². The van der Waals surface area contributed by atoms with Crippen LogP contribution in [0.5, 0.6) is 5.75 Å². The first-order valence-electron chi connectivity index (χ1n) is 6.38. The molecule has 2 rings (SSSR count). The highest BCUT2D eigenvalue weighted by Gasteiger charge is 2.11. The molecule has 92 valence electrons. The quantitative estimate of drug-likeness (QED) is 0.860. The number of likely N-dealkylation sites (N-methyl/N-ethyl adjacent to an activating group) is 1. The molecule has 1 aromatic rings. The van der Waals surface area contributed by atoms with Crippen LogP contribution in [0.3, 0.4) is 0 Å². The molecule has 1 aliphatic heterocycles. The van der Waals surface area contributed by atoms with Crippen LogP contribution in [0.25, 0.3) is 6.08 Å². The third-order valence-corrected chi connectivity index (χ3v) is 3.30. The number of ether oxygens (including phenoxy) is 1. The Balaban J connectivity index is 2.15. The van der Waals surface area contributed by atoms with Gasteiger partial charge in [0.2, 0.25) is 0 Å². The zero-order chi connectivity index (χ0) is 12.3. The number of benzene rings is 1. The van der Waals surface area contributed by atoms with Gasteiger partial charge in [0.25, 0.3) is 0 Å². The topological polar surface area (TPSA) is 21.3 Å². The van der Waals surface area contributed by atoms with Crippen LogP contribution in [-0.2, 0) is 6.42 Å². The van der Waals surface area contributed by atoms with Crippen molar-refractivity contribution in [2.75, 3.05) is 13.2 Å². The highest BCUT2D eigenvalue weighted by molar-refractivity contribution is 5.57. The molecule has 0 spiro atoms. The summed E-state index contributed by atoms with van der Waals surface area (Å²) in [4.78, 5) is 0. The van der Waals surface area contributed by atoms with E-state index in [-0.39, 0.29) is 0 Å². The van der Waals surface area contributed by atoms with Crippen LogP contribution >= 0.6 is 0 Å². The van der Waals surface area contributed by atoms with E-state index in [2.05, 4.69) is 50.4 Å². The van der Waals surface area contributed by atoms with Crippen molar-refractivity contribution in [3.8, 4) is 5.75 Å². The van der Waals surface area contributed by atoms with E-state index >= 15 is 0 Å². The smallest absolute Gasteiger partial charge is 0.122 e. The van der Waals surface area contributed by atoms with Crippen molar-refractivity contribution in [2.45, 2.75) is 33.2 Å². The lowest BCUT2D eigenvalue weighted by Gasteiger charge is -2.13. The molecule has 0 aliphatic carbocycles. The summed E-state index contributed by atoms with van der Waals surface area (Å²) in [7, 11) is 0. The molecule has 1 unspecified atom stereocenters. The number of rotatable bonds is 4. The summed E-state index contributed by atoms with van der Waals surface area (Å²) >= 11 is 0. The first kappa shape index (κ1) is 12.2. The molecule has 1 aliphatic rings. The molecule has 2 heteroatoms. The van der Waals surface area contributed by atoms with Gasteiger partial charge in [0, 0.05) is 12.5 Å². The summed E-state index contributed by atoms with van der Waals surface area (Å²) in [5.74, 6) is 1.06. The van der Waals surface area contributed by atoms with Crippen LogP contribution in [0, 0.1) is 0 Å². The third-order valence-electron chi connectivity index (χ3n) is 3.30.